The summed E-state index contributed by atoms with van der Waals surface area (Å²) in [7, 11) is 1.68. The van der Waals surface area contributed by atoms with Gasteiger partial charge >= 0.3 is 0 Å². The summed E-state index contributed by atoms with van der Waals surface area (Å²) in [6, 6.07) is 0.194. The van der Waals surface area contributed by atoms with Crippen molar-refractivity contribution in [1.29, 1.82) is 0 Å². The molecule has 0 heterocycles. The van der Waals surface area contributed by atoms with Crippen LogP contribution in [-0.2, 0) is 14.2 Å². The summed E-state index contributed by atoms with van der Waals surface area (Å²) >= 11 is 5.41. The molecule has 0 aromatic carbocycles. The number of hydrogen-bond acceptors (Lipinski definition) is 4. The van der Waals surface area contributed by atoms with E-state index in [9.17, 15) is 0 Å². The van der Waals surface area contributed by atoms with Crippen molar-refractivity contribution in [2.24, 2.45) is 0 Å². The van der Waals surface area contributed by atoms with E-state index in [1.807, 2.05) is 20.8 Å². The van der Waals surface area contributed by atoms with E-state index >= 15 is 0 Å². The van der Waals surface area contributed by atoms with Gasteiger partial charge in [-0.25, -0.2) is 0 Å². The van der Waals surface area contributed by atoms with Gasteiger partial charge in [0.05, 0.1) is 19.8 Å². The average molecular weight is 292 g/mol. The van der Waals surface area contributed by atoms with Crippen molar-refractivity contribution in [2.45, 2.75) is 26.8 Å². The van der Waals surface area contributed by atoms with Gasteiger partial charge in [0, 0.05) is 39.5 Å². The molecule has 114 valence electrons. The first-order chi connectivity index (χ1) is 9.15. The zero-order chi connectivity index (χ0) is 14.5. The molecule has 0 rings (SSSR count). The summed E-state index contributed by atoms with van der Waals surface area (Å²) in [5.74, 6) is 0. The van der Waals surface area contributed by atoms with E-state index in [1.165, 1.54) is 0 Å². The third kappa shape index (κ3) is 10.1. The Bertz CT molecular complexity index is 220. The van der Waals surface area contributed by atoms with Gasteiger partial charge < -0.3 is 24.4 Å². The fourth-order valence-electron chi connectivity index (χ4n) is 1.55. The Morgan fingerprint density at radius 2 is 1.68 bits per heavy atom. The Labute approximate surface area is 122 Å². The first kappa shape index (κ1) is 18.6. The number of hydrogen-bond donors (Lipinski definition) is 1. The number of nitrogens with one attached hydrogen (secondary N) is 1. The number of methoxy groups -OCH3 is 1. The molecule has 0 spiro atoms. The van der Waals surface area contributed by atoms with Gasteiger partial charge in [0.25, 0.3) is 0 Å². The van der Waals surface area contributed by atoms with Crippen LogP contribution in [0.15, 0.2) is 0 Å². The maximum absolute atomic E-state index is 5.41. The quantitative estimate of drug-likeness (QED) is 0.457. The van der Waals surface area contributed by atoms with Crippen LogP contribution in [0.5, 0.6) is 0 Å². The van der Waals surface area contributed by atoms with E-state index in [0.717, 1.165) is 31.4 Å². The van der Waals surface area contributed by atoms with Crippen LogP contribution in [0.4, 0.5) is 0 Å². The molecule has 19 heavy (non-hydrogen) atoms. The molecule has 1 atom stereocenters. The van der Waals surface area contributed by atoms with Gasteiger partial charge in [-0.15, -0.1) is 0 Å². The van der Waals surface area contributed by atoms with Gasteiger partial charge in [-0.3, -0.25) is 0 Å². The van der Waals surface area contributed by atoms with Crippen LogP contribution in [0.2, 0.25) is 0 Å². The van der Waals surface area contributed by atoms with E-state index in [0.29, 0.717) is 19.8 Å². The number of rotatable bonds is 11. The zero-order valence-electron chi connectivity index (χ0n) is 12.6. The molecule has 0 aromatic rings. The Morgan fingerprint density at radius 1 is 1.16 bits per heavy atom. The van der Waals surface area contributed by atoms with Gasteiger partial charge in [-0.2, -0.15) is 0 Å². The lowest BCUT2D eigenvalue weighted by Crippen LogP contribution is -2.47. The Hall–Kier alpha value is -0.430. The monoisotopic (exact) mass is 292 g/mol. The SMILES string of the molecule is CCOCCN(CCOCC)C(=S)NC(C)COC. The Balaban J connectivity index is 4.15. The molecule has 0 aliphatic rings. The van der Waals surface area contributed by atoms with Crippen LogP contribution in [0.25, 0.3) is 0 Å². The zero-order valence-corrected chi connectivity index (χ0v) is 13.4. The molecule has 0 fully saturated rings. The standard InChI is InChI=1S/C13H28N2O3S/c1-5-17-9-7-15(8-10-18-6-2)13(19)14-12(3)11-16-4/h12H,5-11H2,1-4H3,(H,14,19). The average Bonchev–Trinajstić information content (AvgIpc) is 2.37. The molecule has 0 amide bonds. The maximum Gasteiger partial charge on any atom is 0.169 e. The van der Waals surface area contributed by atoms with E-state index in [2.05, 4.69) is 10.2 Å². The highest BCUT2D eigenvalue weighted by molar-refractivity contribution is 7.80. The molecule has 5 nitrogen and oxygen atoms in total. The van der Waals surface area contributed by atoms with Crippen LogP contribution in [0.1, 0.15) is 20.8 Å². The molecule has 0 bridgehead atoms. The lowest BCUT2D eigenvalue weighted by Gasteiger charge is -2.27. The van der Waals surface area contributed by atoms with Crippen molar-refractivity contribution < 1.29 is 14.2 Å². The van der Waals surface area contributed by atoms with Crippen molar-refractivity contribution in [3.8, 4) is 0 Å². The molecule has 6 heteroatoms. The molecule has 0 radical (unpaired) electrons. The maximum atomic E-state index is 5.41. The van der Waals surface area contributed by atoms with Gasteiger partial charge in [0.2, 0.25) is 0 Å². The lowest BCUT2D eigenvalue weighted by atomic mass is 10.4. The lowest BCUT2D eigenvalue weighted by molar-refractivity contribution is 0.106. The van der Waals surface area contributed by atoms with Crippen molar-refractivity contribution >= 4 is 17.3 Å². The fourth-order valence-corrected chi connectivity index (χ4v) is 1.93. The van der Waals surface area contributed by atoms with E-state index < -0.39 is 0 Å². The Kier molecular flexibility index (Phi) is 12.3. The molecule has 0 aromatic heterocycles. The smallest absolute Gasteiger partial charge is 0.169 e. The van der Waals surface area contributed by atoms with E-state index in [1.54, 1.807) is 7.11 Å². The van der Waals surface area contributed by atoms with Crippen LogP contribution in [-0.4, -0.2) is 69.3 Å². The van der Waals surface area contributed by atoms with Crippen LogP contribution in [0, 0.1) is 0 Å². The minimum absolute atomic E-state index is 0.194. The third-order valence-corrected chi connectivity index (χ3v) is 2.87. The van der Waals surface area contributed by atoms with E-state index in [4.69, 9.17) is 26.4 Å². The van der Waals surface area contributed by atoms with Crippen molar-refractivity contribution in [2.75, 3.05) is 53.2 Å². The molecule has 0 saturated heterocycles. The van der Waals surface area contributed by atoms with Crippen LogP contribution in [0.3, 0.4) is 0 Å². The number of ether oxygens (including phenoxy) is 3. The van der Waals surface area contributed by atoms with Crippen molar-refractivity contribution in [3.05, 3.63) is 0 Å². The Morgan fingerprint density at radius 3 is 2.11 bits per heavy atom. The molecule has 1 N–H and O–H groups in total. The predicted octanol–water partition coefficient (Wildman–Crippen LogP) is 1.27. The first-order valence-electron chi connectivity index (χ1n) is 6.85. The normalized spacial score (nSPS) is 12.2. The largest absolute Gasteiger partial charge is 0.383 e. The van der Waals surface area contributed by atoms with Gasteiger partial charge in [0.1, 0.15) is 0 Å². The number of thiocarbonyl (C=S) groups is 1. The minimum Gasteiger partial charge on any atom is -0.383 e. The second-order valence-electron chi connectivity index (χ2n) is 4.19. The van der Waals surface area contributed by atoms with Crippen LogP contribution >= 0.6 is 12.2 Å². The summed E-state index contributed by atoms with van der Waals surface area (Å²) in [6.45, 7) is 11.0. The highest BCUT2D eigenvalue weighted by Crippen LogP contribution is 1.95. The van der Waals surface area contributed by atoms with Gasteiger partial charge in [-0.1, -0.05) is 0 Å². The summed E-state index contributed by atoms with van der Waals surface area (Å²) in [6.07, 6.45) is 0. The molecule has 0 aliphatic carbocycles. The molecular weight excluding hydrogens is 264 g/mol. The van der Waals surface area contributed by atoms with Crippen molar-refractivity contribution in [3.63, 3.8) is 0 Å². The summed E-state index contributed by atoms with van der Waals surface area (Å²) in [4.78, 5) is 2.08. The molecule has 0 saturated carbocycles. The molecular formula is C13H28N2O3S. The fraction of sp³-hybridized carbons (Fsp3) is 0.923. The third-order valence-electron chi connectivity index (χ3n) is 2.49. The van der Waals surface area contributed by atoms with Gasteiger partial charge in [0.15, 0.2) is 5.11 Å². The van der Waals surface area contributed by atoms with Crippen molar-refractivity contribution in [1.82, 2.24) is 10.2 Å². The first-order valence-corrected chi connectivity index (χ1v) is 7.26. The minimum atomic E-state index is 0.194. The summed E-state index contributed by atoms with van der Waals surface area (Å²) < 4.78 is 15.8. The molecule has 1 unspecified atom stereocenters. The predicted molar refractivity (Wildman–Crippen MR) is 81.6 cm³/mol. The highest BCUT2D eigenvalue weighted by atomic mass is 32.1. The summed E-state index contributed by atoms with van der Waals surface area (Å²) in [5.41, 5.74) is 0. The van der Waals surface area contributed by atoms with Crippen LogP contribution < -0.4 is 5.32 Å². The second-order valence-corrected chi connectivity index (χ2v) is 4.57. The summed E-state index contributed by atoms with van der Waals surface area (Å²) in [5, 5.41) is 3.98. The van der Waals surface area contributed by atoms with E-state index in [-0.39, 0.29) is 6.04 Å². The number of nitrogens with zero attached hydrogens (tertiary/aromatic N) is 1. The highest BCUT2D eigenvalue weighted by Gasteiger charge is 2.11. The van der Waals surface area contributed by atoms with Gasteiger partial charge in [-0.05, 0) is 33.0 Å². The topological polar surface area (TPSA) is 43.0 Å². The second kappa shape index (κ2) is 12.6. The molecule has 0 aliphatic heterocycles.